The molecule has 1 aliphatic heterocycles. The van der Waals surface area contributed by atoms with Gasteiger partial charge in [-0.2, -0.15) is 0 Å². The van der Waals surface area contributed by atoms with Crippen LogP contribution in [-0.4, -0.2) is 32.7 Å². The van der Waals surface area contributed by atoms with Gasteiger partial charge in [0.1, 0.15) is 0 Å². The highest BCUT2D eigenvalue weighted by Gasteiger charge is 2.35. The Morgan fingerprint density at radius 2 is 2.03 bits per heavy atom. The number of nitrogens with zero attached hydrogens (tertiary/aromatic N) is 2. The number of benzene rings is 2. The van der Waals surface area contributed by atoms with E-state index in [-0.39, 0.29) is 29.4 Å². The molecule has 1 fully saturated rings. The number of carbonyl (C=O) groups excluding carboxylic acids is 2. The SMILES string of the molecule is CCOc1cc(/C=C2\SC(=O)N(Cc3ccccc3Cl)C2=O)cc([N+](=O)[O-])c1O. The molecule has 2 aromatic rings. The summed E-state index contributed by atoms with van der Waals surface area (Å²) >= 11 is 6.82. The molecule has 0 aliphatic carbocycles. The third-order valence-electron chi connectivity index (χ3n) is 4.03. The quantitative estimate of drug-likeness (QED) is 0.402. The summed E-state index contributed by atoms with van der Waals surface area (Å²) < 4.78 is 5.23. The van der Waals surface area contributed by atoms with Gasteiger partial charge in [0.05, 0.1) is 23.0 Å². The van der Waals surface area contributed by atoms with Gasteiger partial charge in [-0.25, -0.2) is 0 Å². The summed E-state index contributed by atoms with van der Waals surface area (Å²) in [6.45, 7) is 1.86. The number of phenols is 1. The number of phenolic OH excluding ortho intramolecular Hbond substituents is 1. The van der Waals surface area contributed by atoms with Crippen LogP contribution in [0.1, 0.15) is 18.1 Å². The topological polar surface area (TPSA) is 110 Å². The van der Waals surface area contributed by atoms with Crippen LogP contribution in [0, 0.1) is 10.1 Å². The number of imide groups is 1. The molecule has 0 spiro atoms. The van der Waals surface area contributed by atoms with Crippen molar-refractivity contribution in [3.05, 3.63) is 67.6 Å². The minimum atomic E-state index is -0.752. The fourth-order valence-electron chi connectivity index (χ4n) is 2.69. The minimum Gasteiger partial charge on any atom is -0.500 e. The standard InChI is InChI=1S/C19H15ClN2O6S/c1-2-28-15-8-11(7-14(17(15)23)22(26)27)9-16-18(24)21(19(25)29-16)10-12-5-3-4-6-13(12)20/h3-9,23H,2,10H2,1H3/b16-9-. The lowest BCUT2D eigenvalue weighted by Crippen LogP contribution is -2.27. The Balaban J connectivity index is 1.93. The Morgan fingerprint density at radius 3 is 2.69 bits per heavy atom. The van der Waals surface area contributed by atoms with Gasteiger partial charge in [0.15, 0.2) is 5.75 Å². The highest BCUT2D eigenvalue weighted by molar-refractivity contribution is 8.18. The predicted molar refractivity (Wildman–Crippen MR) is 109 cm³/mol. The second kappa shape index (κ2) is 8.54. The van der Waals surface area contributed by atoms with Crippen LogP contribution in [0.15, 0.2) is 41.3 Å². The van der Waals surface area contributed by atoms with Gasteiger partial charge in [-0.05, 0) is 48.0 Å². The molecule has 1 N–H and O–H groups in total. The smallest absolute Gasteiger partial charge is 0.315 e. The summed E-state index contributed by atoms with van der Waals surface area (Å²) in [4.78, 5) is 36.6. The van der Waals surface area contributed by atoms with Gasteiger partial charge >= 0.3 is 5.69 Å². The van der Waals surface area contributed by atoms with Gasteiger partial charge in [-0.15, -0.1) is 0 Å². The first-order valence-corrected chi connectivity index (χ1v) is 9.64. The zero-order valence-corrected chi connectivity index (χ0v) is 16.7. The molecule has 0 atom stereocenters. The number of hydrogen-bond acceptors (Lipinski definition) is 7. The zero-order valence-electron chi connectivity index (χ0n) is 15.1. The number of nitro benzene ring substituents is 1. The van der Waals surface area contributed by atoms with Crippen molar-refractivity contribution in [1.82, 2.24) is 4.90 Å². The molecule has 2 amide bonds. The highest BCUT2D eigenvalue weighted by atomic mass is 35.5. The van der Waals surface area contributed by atoms with E-state index < -0.39 is 27.5 Å². The normalized spacial score (nSPS) is 15.2. The van der Waals surface area contributed by atoms with Gasteiger partial charge < -0.3 is 9.84 Å². The summed E-state index contributed by atoms with van der Waals surface area (Å²) in [5, 5.41) is 21.1. The number of carbonyl (C=O) groups is 2. The molecule has 150 valence electrons. The Morgan fingerprint density at radius 1 is 1.31 bits per heavy atom. The third-order valence-corrected chi connectivity index (χ3v) is 5.31. The maximum absolute atomic E-state index is 12.7. The molecule has 2 aromatic carbocycles. The van der Waals surface area contributed by atoms with Crippen LogP contribution in [0.3, 0.4) is 0 Å². The van der Waals surface area contributed by atoms with E-state index in [4.69, 9.17) is 16.3 Å². The van der Waals surface area contributed by atoms with E-state index in [1.807, 2.05) is 0 Å². The van der Waals surface area contributed by atoms with E-state index in [1.165, 1.54) is 12.1 Å². The fraction of sp³-hybridized carbons (Fsp3) is 0.158. The second-order valence-electron chi connectivity index (χ2n) is 5.94. The summed E-state index contributed by atoms with van der Waals surface area (Å²) in [6, 6.07) is 9.35. The number of thioether (sulfide) groups is 1. The number of amides is 2. The van der Waals surface area contributed by atoms with Crippen molar-refractivity contribution in [2.75, 3.05) is 6.61 Å². The van der Waals surface area contributed by atoms with Crippen molar-refractivity contribution in [2.24, 2.45) is 0 Å². The number of aromatic hydroxyl groups is 1. The maximum atomic E-state index is 12.7. The number of nitro groups is 1. The number of halogens is 1. The Hall–Kier alpha value is -3.04. The molecule has 10 heteroatoms. The van der Waals surface area contributed by atoms with E-state index in [1.54, 1.807) is 31.2 Å². The van der Waals surface area contributed by atoms with Crippen molar-refractivity contribution in [1.29, 1.82) is 0 Å². The molecule has 1 saturated heterocycles. The van der Waals surface area contributed by atoms with E-state index in [9.17, 15) is 24.8 Å². The molecule has 0 unspecified atom stereocenters. The molecule has 0 radical (unpaired) electrons. The lowest BCUT2D eigenvalue weighted by molar-refractivity contribution is -0.386. The van der Waals surface area contributed by atoms with Crippen molar-refractivity contribution >= 4 is 46.3 Å². The third kappa shape index (κ3) is 4.36. The predicted octanol–water partition coefficient (Wildman–Crippen LogP) is 4.59. The number of rotatable bonds is 6. The van der Waals surface area contributed by atoms with Crippen LogP contribution in [0.25, 0.3) is 6.08 Å². The fourth-order valence-corrected chi connectivity index (χ4v) is 3.72. The van der Waals surface area contributed by atoms with Crippen LogP contribution in [0.2, 0.25) is 5.02 Å². The van der Waals surface area contributed by atoms with Crippen molar-refractivity contribution in [2.45, 2.75) is 13.5 Å². The molecule has 0 aromatic heterocycles. The molecular weight excluding hydrogens is 420 g/mol. The Kier molecular flexibility index (Phi) is 6.09. The van der Waals surface area contributed by atoms with Crippen LogP contribution < -0.4 is 4.74 Å². The average molecular weight is 435 g/mol. The van der Waals surface area contributed by atoms with Crippen LogP contribution in [-0.2, 0) is 11.3 Å². The van der Waals surface area contributed by atoms with E-state index in [2.05, 4.69) is 0 Å². The summed E-state index contributed by atoms with van der Waals surface area (Å²) in [6.07, 6.45) is 1.35. The molecule has 0 saturated carbocycles. The van der Waals surface area contributed by atoms with Crippen molar-refractivity contribution in [3.63, 3.8) is 0 Å². The minimum absolute atomic E-state index is 0.0155. The largest absolute Gasteiger partial charge is 0.500 e. The lowest BCUT2D eigenvalue weighted by Gasteiger charge is -2.13. The molecule has 3 rings (SSSR count). The van der Waals surface area contributed by atoms with Gasteiger partial charge in [0.2, 0.25) is 5.75 Å². The second-order valence-corrected chi connectivity index (χ2v) is 7.34. The van der Waals surface area contributed by atoms with Gasteiger partial charge in [0.25, 0.3) is 11.1 Å². The number of ether oxygens (including phenoxy) is 1. The van der Waals surface area contributed by atoms with Crippen LogP contribution in [0.5, 0.6) is 11.5 Å². The first-order chi connectivity index (χ1) is 13.8. The molecule has 1 aliphatic rings. The number of hydrogen-bond donors (Lipinski definition) is 1. The van der Waals surface area contributed by atoms with Gasteiger partial charge in [-0.3, -0.25) is 24.6 Å². The first-order valence-electron chi connectivity index (χ1n) is 8.44. The van der Waals surface area contributed by atoms with Crippen LogP contribution >= 0.6 is 23.4 Å². The molecule has 1 heterocycles. The lowest BCUT2D eigenvalue weighted by atomic mass is 10.1. The zero-order chi connectivity index (χ0) is 21.1. The van der Waals surface area contributed by atoms with E-state index >= 15 is 0 Å². The van der Waals surface area contributed by atoms with E-state index in [0.717, 1.165) is 22.7 Å². The van der Waals surface area contributed by atoms with E-state index in [0.29, 0.717) is 10.6 Å². The highest BCUT2D eigenvalue weighted by Crippen LogP contribution is 2.40. The summed E-state index contributed by atoms with van der Waals surface area (Å²) in [5.74, 6) is -1.21. The van der Waals surface area contributed by atoms with Gasteiger partial charge in [0, 0.05) is 11.1 Å². The average Bonchev–Trinajstić information content (AvgIpc) is 2.93. The molecule has 0 bridgehead atoms. The monoisotopic (exact) mass is 434 g/mol. The Labute approximate surface area is 174 Å². The summed E-state index contributed by atoms with van der Waals surface area (Å²) in [7, 11) is 0. The summed E-state index contributed by atoms with van der Waals surface area (Å²) in [5.41, 5.74) is 0.315. The first kappa shape index (κ1) is 20.7. The molecule has 29 heavy (non-hydrogen) atoms. The van der Waals surface area contributed by atoms with Crippen molar-refractivity contribution in [3.8, 4) is 11.5 Å². The van der Waals surface area contributed by atoms with Crippen LogP contribution in [0.4, 0.5) is 10.5 Å². The van der Waals surface area contributed by atoms with Crippen molar-refractivity contribution < 1.29 is 24.4 Å². The Bertz CT molecular complexity index is 1040. The maximum Gasteiger partial charge on any atom is 0.315 e. The van der Waals surface area contributed by atoms with Gasteiger partial charge in [-0.1, -0.05) is 29.8 Å². The molecule has 8 nitrogen and oxygen atoms in total. The molecular formula is C19H15ClN2O6S.